The van der Waals surface area contributed by atoms with Crippen LogP contribution in [0.3, 0.4) is 0 Å². The molecule has 0 unspecified atom stereocenters. The SMILES string of the molecule is CC(C)N(CC1CCN(Cc2ccccc2)CC1)C(=O)CCl. The minimum atomic E-state index is 0.0587. The van der Waals surface area contributed by atoms with Crippen molar-refractivity contribution in [2.75, 3.05) is 25.5 Å². The molecule has 0 aromatic heterocycles. The zero-order valence-corrected chi connectivity index (χ0v) is 14.4. The van der Waals surface area contributed by atoms with Gasteiger partial charge in [-0.05, 0) is 51.3 Å². The number of hydrogen-bond donors (Lipinski definition) is 0. The van der Waals surface area contributed by atoms with Crippen LogP contribution in [0.4, 0.5) is 0 Å². The topological polar surface area (TPSA) is 23.6 Å². The molecule has 1 aromatic carbocycles. The molecule has 0 spiro atoms. The number of benzene rings is 1. The van der Waals surface area contributed by atoms with Crippen LogP contribution in [0.25, 0.3) is 0 Å². The summed E-state index contributed by atoms with van der Waals surface area (Å²) < 4.78 is 0. The number of rotatable bonds is 6. The van der Waals surface area contributed by atoms with Gasteiger partial charge in [0.05, 0.1) is 0 Å². The number of likely N-dealkylation sites (tertiary alicyclic amines) is 1. The number of amides is 1. The lowest BCUT2D eigenvalue weighted by atomic mass is 9.95. The van der Waals surface area contributed by atoms with Gasteiger partial charge in [0.25, 0.3) is 0 Å². The molecule has 4 heteroatoms. The zero-order valence-electron chi connectivity index (χ0n) is 13.7. The third kappa shape index (κ3) is 4.99. The molecule has 22 heavy (non-hydrogen) atoms. The Morgan fingerprint density at radius 3 is 2.45 bits per heavy atom. The van der Waals surface area contributed by atoms with Gasteiger partial charge in [-0.1, -0.05) is 30.3 Å². The van der Waals surface area contributed by atoms with Gasteiger partial charge in [0.1, 0.15) is 5.88 Å². The molecule has 3 nitrogen and oxygen atoms in total. The van der Waals surface area contributed by atoms with Crippen LogP contribution in [-0.4, -0.2) is 47.3 Å². The van der Waals surface area contributed by atoms with E-state index in [4.69, 9.17) is 11.6 Å². The number of halogens is 1. The quantitative estimate of drug-likeness (QED) is 0.750. The summed E-state index contributed by atoms with van der Waals surface area (Å²) in [5.41, 5.74) is 1.38. The lowest BCUT2D eigenvalue weighted by Gasteiger charge is -2.36. The molecule has 0 radical (unpaired) electrons. The van der Waals surface area contributed by atoms with Gasteiger partial charge in [0.15, 0.2) is 0 Å². The Morgan fingerprint density at radius 2 is 1.91 bits per heavy atom. The fourth-order valence-electron chi connectivity index (χ4n) is 3.12. The molecule has 0 N–H and O–H groups in total. The summed E-state index contributed by atoms with van der Waals surface area (Å²) in [5.74, 6) is 0.746. The van der Waals surface area contributed by atoms with Crippen molar-refractivity contribution < 1.29 is 4.79 Å². The fraction of sp³-hybridized carbons (Fsp3) is 0.611. The number of carbonyl (C=O) groups excluding carboxylic acids is 1. The van der Waals surface area contributed by atoms with Crippen LogP contribution in [0.1, 0.15) is 32.3 Å². The van der Waals surface area contributed by atoms with E-state index in [1.165, 1.54) is 5.56 Å². The van der Waals surface area contributed by atoms with Crippen molar-refractivity contribution in [3.8, 4) is 0 Å². The second kappa shape index (κ2) is 8.54. The van der Waals surface area contributed by atoms with Crippen LogP contribution in [-0.2, 0) is 11.3 Å². The van der Waals surface area contributed by atoms with Crippen molar-refractivity contribution in [3.63, 3.8) is 0 Å². The Balaban J connectivity index is 1.80. The average Bonchev–Trinajstić information content (AvgIpc) is 2.54. The summed E-state index contributed by atoms with van der Waals surface area (Å²) >= 11 is 5.72. The van der Waals surface area contributed by atoms with E-state index >= 15 is 0 Å². The first-order valence-corrected chi connectivity index (χ1v) is 8.75. The van der Waals surface area contributed by atoms with Gasteiger partial charge in [-0.2, -0.15) is 0 Å². The molecule has 1 fully saturated rings. The number of alkyl halides is 1. The summed E-state index contributed by atoms with van der Waals surface area (Å²) in [5, 5.41) is 0. The molecule has 1 heterocycles. The van der Waals surface area contributed by atoms with Gasteiger partial charge in [-0.15, -0.1) is 11.6 Å². The van der Waals surface area contributed by atoms with Crippen LogP contribution in [0.5, 0.6) is 0 Å². The van der Waals surface area contributed by atoms with E-state index in [9.17, 15) is 4.79 Å². The van der Waals surface area contributed by atoms with Crippen LogP contribution in [0.15, 0.2) is 30.3 Å². The van der Waals surface area contributed by atoms with Crippen LogP contribution in [0, 0.1) is 5.92 Å². The van der Waals surface area contributed by atoms with Crippen molar-refractivity contribution in [2.24, 2.45) is 5.92 Å². The van der Waals surface area contributed by atoms with Crippen molar-refractivity contribution in [2.45, 2.75) is 39.3 Å². The number of nitrogens with zero attached hydrogens (tertiary/aromatic N) is 2. The number of carbonyl (C=O) groups is 1. The van der Waals surface area contributed by atoms with Crippen LogP contribution < -0.4 is 0 Å². The smallest absolute Gasteiger partial charge is 0.237 e. The van der Waals surface area contributed by atoms with E-state index in [-0.39, 0.29) is 17.8 Å². The maximum absolute atomic E-state index is 11.9. The molecule has 122 valence electrons. The van der Waals surface area contributed by atoms with E-state index in [2.05, 4.69) is 49.1 Å². The number of piperidine rings is 1. The second-order valence-electron chi connectivity index (χ2n) is 6.48. The van der Waals surface area contributed by atoms with Gasteiger partial charge < -0.3 is 4.90 Å². The number of hydrogen-bond acceptors (Lipinski definition) is 2. The van der Waals surface area contributed by atoms with E-state index < -0.39 is 0 Å². The monoisotopic (exact) mass is 322 g/mol. The molecule has 1 saturated heterocycles. The Labute approximate surface area is 139 Å². The van der Waals surface area contributed by atoms with E-state index in [0.29, 0.717) is 5.92 Å². The van der Waals surface area contributed by atoms with Gasteiger partial charge in [0.2, 0.25) is 5.91 Å². The predicted octanol–water partition coefficient (Wildman–Crippen LogP) is 3.37. The summed E-state index contributed by atoms with van der Waals surface area (Å²) in [4.78, 5) is 16.4. The Hall–Kier alpha value is -1.06. The summed E-state index contributed by atoms with van der Waals surface area (Å²) in [6.07, 6.45) is 2.32. The highest BCUT2D eigenvalue weighted by molar-refractivity contribution is 6.27. The highest BCUT2D eigenvalue weighted by Crippen LogP contribution is 2.21. The minimum absolute atomic E-state index is 0.0587. The average molecular weight is 323 g/mol. The first-order valence-electron chi connectivity index (χ1n) is 8.22. The third-order valence-corrected chi connectivity index (χ3v) is 4.70. The van der Waals surface area contributed by atoms with E-state index in [0.717, 1.165) is 39.0 Å². The minimum Gasteiger partial charge on any atom is -0.339 e. The summed E-state index contributed by atoms with van der Waals surface area (Å²) in [6, 6.07) is 10.9. The maximum Gasteiger partial charge on any atom is 0.237 e. The highest BCUT2D eigenvalue weighted by Gasteiger charge is 2.24. The molecule has 1 aliphatic heterocycles. The van der Waals surface area contributed by atoms with Crippen molar-refractivity contribution in [1.29, 1.82) is 0 Å². The molecule has 0 aliphatic carbocycles. The molecule has 0 atom stereocenters. The van der Waals surface area contributed by atoms with Crippen molar-refractivity contribution >= 4 is 17.5 Å². The molecule has 1 aliphatic rings. The fourth-order valence-corrected chi connectivity index (χ4v) is 3.28. The van der Waals surface area contributed by atoms with Crippen molar-refractivity contribution in [3.05, 3.63) is 35.9 Å². The molecular weight excluding hydrogens is 296 g/mol. The van der Waals surface area contributed by atoms with Crippen LogP contribution >= 0.6 is 11.6 Å². The van der Waals surface area contributed by atoms with Crippen molar-refractivity contribution in [1.82, 2.24) is 9.80 Å². The standard InChI is InChI=1S/C18H27ClN2O/c1-15(2)21(18(22)12-19)14-17-8-10-20(11-9-17)13-16-6-4-3-5-7-16/h3-7,15,17H,8-14H2,1-2H3. The first-order chi connectivity index (χ1) is 10.6. The van der Waals surface area contributed by atoms with Gasteiger partial charge >= 0.3 is 0 Å². The molecule has 0 bridgehead atoms. The molecule has 0 saturated carbocycles. The Bertz CT molecular complexity index is 455. The van der Waals surface area contributed by atoms with E-state index in [1.54, 1.807) is 0 Å². The van der Waals surface area contributed by atoms with Gasteiger partial charge in [-0.25, -0.2) is 0 Å². The second-order valence-corrected chi connectivity index (χ2v) is 6.75. The summed E-state index contributed by atoms with van der Waals surface area (Å²) in [6.45, 7) is 8.23. The molecule has 2 rings (SSSR count). The third-order valence-electron chi connectivity index (χ3n) is 4.47. The van der Waals surface area contributed by atoms with Gasteiger partial charge in [-0.3, -0.25) is 9.69 Å². The maximum atomic E-state index is 11.9. The molecule has 1 aromatic rings. The highest BCUT2D eigenvalue weighted by atomic mass is 35.5. The molecule has 1 amide bonds. The largest absolute Gasteiger partial charge is 0.339 e. The van der Waals surface area contributed by atoms with E-state index in [1.807, 2.05) is 4.90 Å². The Kier molecular flexibility index (Phi) is 6.71. The summed E-state index contributed by atoms with van der Waals surface area (Å²) in [7, 11) is 0. The lowest BCUT2D eigenvalue weighted by molar-refractivity contribution is -0.131. The normalized spacial score (nSPS) is 16.9. The predicted molar refractivity (Wildman–Crippen MR) is 92.0 cm³/mol. The zero-order chi connectivity index (χ0) is 15.9. The van der Waals surface area contributed by atoms with Crippen LogP contribution in [0.2, 0.25) is 0 Å². The Morgan fingerprint density at radius 1 is 1.27 bits per heavy atom. The lowest BCUT2D eigenvalue weighted by Crippen LogP contribution is -2.44. The van der Waals surface area contributed by atoms with Gasteiger partial charge in [0, 0.05) is 19.1 Å². The first kappa shape index (κ1) is 17.3. The molecular formula is C18H27ClN2O.